The van der Waals surface area contributed by atoms with Gasteiger partial charge in [-0.15, -0.1) is 0 Å². The fourth-order valence-corrected chi connectivity index (χ4v) is 2.81. The number of amides is 2. The van der Waals surface area contributed by atoms with E-state index in [1.54, 1.807) is 0 Å². The number of carbonyl (C=O) groups is 3. The Bertz CT molecular complexity index is 925. The number of halogens is 1. The first-order chi connectivity index (χ1) is 12.9. The lowest BCUT2D eigenvalue weighted by molar-refractivity contribution is -0.384. The maximum absolute atomic E-state index is 12.3. The molecule has 9 heteroatoms. The molecule has 0 aromatic heterocycles. The van der Waals surface area contributed by atoms with E-state index in [2.05, 4.69) is 0 Å². The minimum Gasteiger partial charge on any atom is -0.457 e. The monoisotopic (exact) mass is 388 g/mol. The molecule has 8 nitrogen and oxygen atoms in total. The molecule has 1 fully saturated rings. The molecule has 138 valence electrons. The number of esters is 1. The Morgan fingerprint density at radius 3 is 2.33 bits per heavy atom. The van der Waals surface area contributed by atoms with Crippen molar-refractivity contribution in [3.05, 3.63) is 68.7 Å². The quantitative estimate of drug-likeness (QED) is 0.337. The summed E-state index contributed by atoms with van der Waals surface area (Å²) in [6.07, 6.45) is 0.253. The zero-order valence-electron chi connectivity index (χ0n) is 13.9. The van der Waals surface area contributed by atoms with E-state index in [1.807, 2.05) is 0 Å². The Morgan fingerprint density at radius 1 is 1.11 bits per heavy atom. The highest BCUT2D eigenvalue weighted by Gasteiger charge is 2.31. The minimum absolute atomic E-state index is 0.0172. The molecule has 0 saturated carbocycles. The molecule has 0 atom stereocenters. The number of nitrogens with zero attached hydrogens (tertiary/aromatic N) is 2. The van der Waals surface area contributed by atoms with E-state index in [4.69, 9.17) is 16.3 Å². The standard InChI is InChI=1S/C18H13ClN2O6/c19-15-6-5-13(20-16(22)7-8-17(20)23)9-14(15)18(24)27-10-11-1-3-12(4-2-11)21(25)26/h1-6,9H,7-8,10H2. The first-order valence-corrected chi connectivity index (χ1v) is 8.30. The fourth-order valence-electron chi connectivity index (χ4n) is 2.61. The molecule has 0 spiro atoms. The van der Waals surface area contributed by atoms with Crippen LogP contribution in [0.5, 0.6) is 0 Å². The van der Waals surface area contributed by atoms with Crippen molar-refractivity contribution in [2.24, 2.45) is 0 Å². The average molecular weight is 389 g/mol. The third-order valence-electron chi connectivity index (χ3n) is 4.00. The van der Waals surface area contributed by atoms with E-state index < -0.39 is 10.9 Å². The molecule has 0 bridgehead atoms. The second kappa shape index (κ2) is 7.55. The van der Waals surface area contributed by atoms with Crippen molar-refractivity contribution in [2.75, 3.05) is 4.90 Å². The van der Waals surface area contributed by atoms with E-state index in [1.165, 1.54) is 42.5 Å². The zero-order valence-corrected chi connectivity index (χ0v) is 14.6. The van der Waals surface area contributed by atoms with Crippen LogP contribution in [0.2, 0.25) is 5.02 Å². The molecule has 1 heterocycles. The molecule has 0 unspecified atom stereocenters. The van der Waals surface area contributed by atoms with Crippen LogP contribution in [0.25, 0.3) is 0 Å². The third-order valence-corrected chi connectivity index (χ3v) is 4.33. The van der Waals surface area contributed by atoms with Crippen LogP contribution in [-0.4, -0.2) is 22.7 Å². The van der Waals surface area contributed by atoms with Gasteiger partial charge >= 0.3 is 5.97 Å². The Labute approximate surface area is 158 Å². The Balaban J connectivity index is 1.74. The molecule has 3 rings (SSSR count). The van der Waals surface area contributed by atoms with Crippen LogP contribution in [0.15, 0.2) is 42.5 Å². The maximum Gasteiger partial charge on any atom is 0.340 e. The van der Waals surface area contributed by atoms with Crippen LogP contribution in [0, 0.1) is 10.1 Å². The number of non-ortho nitro benzene ring substituents is 1. The van der Waals surface area contributed by atoms with E-state index in [0.29, 0.717) is 5.56 Å². The SMILES string of the molecule is O=C(OCc1ccc([N+](=O)[O-])cc1)c1cc(N2C(=O)CCC2=O)ccc1Cl. The predicted octanol–water partition coefficient (Wildman–Crippen LogP) is 3.26. The van der Waals surface area contributed by atoms with Crippen molar-refractivity contribution in [1.82, 2.24) is 0 Å². The van der Waals surface area contributed by atoms with E-state index in [-0.39, 0.29) is 53.2 Å². The number of nitro benzene ring substituents is 1. The first kappa shape index (κ1) is 18.5. The number of anilines is 1. The summed E-state index contributed by atoms with van der Waals surface area (Å²) in [5.74, 6) is -1.42. The summed E-state index contributed by atoms with van der Waals surface area (Å²) in [6, 6.07) is 9.80. The van der Waals surface area contributed by atoms with E-state index in [0.717, 1.165) is 4.90 Å². The summed E-state index contributed by atoms with van der Waals surface area (Å²) in [7, 11) is 0. The molecule has 0 N–H and O–H groups in total. The largest absolute Gasteiger partial charge is 0.457 e. The predicted molar refractivity (Wildman–Crippen MR) is 95.4 cm³/mol. The fraction of sp³-hybridized carbons (Fsp3) is 0.167. The molecule has 27 heavy (non-hydrogen) atoms. The van der Waals surface area contributed by atoms with Crippen molar-refractivity contribution < 1.29 is 24.0 Å². The number of hydrogen-bond acceptors (Lipinski definition) is 6. The summed E-state index contributed by atoms with van der Waals surface area (Å²) in [5, 5.41) is 10.8. The summed E-state index contributed by atoms with van der Waals surface area (Å²) in [5.41, 5.74) is 0.768. The van der Waals surface area contributed by atoms with E-state index in [9.17, 15) is 24.5 Å². The lowest BCUT2D eigenvalue weighted by Crippen LogP contribution is -2.28. The summed E-state index contributed by atoms with van der Waals surface area (Å²) in [6.45, 7) is -0.112. The number of benzene rings is 2. The minimum atomic E-state index is -0.737. The molecule has 2 amide bonds. The highest BCUT2D eigenvalue weighted by molar-refractivity contribution is 6.34. The van der Waals surface area contributed by atoms with Gasteiger partial charge in [-0.2, -0.15) is 0 Å². The molecule has 2 aromatic carbocycles. The average Bonchev–Trinajstić information content (AvgIpc) is 2.99. The van der Waals surface area contributed by atoms with Gasteiger partial charge in [0, 0.05) is 25.0 Å². The second-order valence-electron chi connectivity index (χ2n) is 5.79. The van der Waals surface area contributed by atoms with Crippen LogP contribution < -0.4 is 4.90 Å². The number of carbonyl (C=O) groups excluding carboxylic acids is 3. The molecule has 0 radical (unpaired) electrons. The van der Waals surface area contributed by atoms with Crippen molar-refractivity contribution in [1.29, 1.82) is 0 Å². The van der Waals surface area contributed by atoms with Gasteiger partial charge in [0.1, 0.15) is 6.61 Å². The number of hydrogen-bond donors (Lipinski definition) is 0. The molecule has 2 aromatic rings. The molecule has 1 saturated heterocycles. The number of ether oxygens (including phenoxy) is 1. The van der Waals surface area contributed by atoms with Gasteiger partial charge in [-0.3, -0.25) is 24.6 Å². The van der Waals surface area contributed by atoms with Crippen LogP contribution in [0.3, 0.4) is 0 Å². The smallest absolute Gasteiger partial charge is 0.340 e. The summed E-state index contributed by atoms with van der Waals surface area (Å²) in [4.78, 5) is 47.2. The number of rotatable bonds is 5. The Kier molecular flexibility index (Phi) is 5.18. The topological polar surface area (TPSA) is 107 Å². The van der Waals surface area contributed by atoms with Gasteiger partial charge in [0.15, 0.2) is 0 Å². The van der Waals surface area contributed by atoms with Gasteiger partial charge in [-0.25, -0.2) is 4.79 Å². The van der Waals surface area contributed by atoms with Gasteiger partial charge in [-0.1, -0.05) is 11.6 Å². The molecule has 1 aliphatic heterocycles. The maximum atomic E-state index is 12.3. The van der Waals surface area contributed by atoms with Crippen LogP contribution in [-0.2, 0) is 20.9 Å². The molecular formula is C18H13ClN2O6. The van der Waals surface area contributed by atoms with Gasteiger partial charge < -0.3 is 4.74 Å². The summed E-state index contributed by atoms with van der Waals surface area (Å²) >= 11 is 6.04. The molecular weight excluding hydrogens is 376 g/mol. The van der Waals surface area contributed by atoms with Gasteiger partial charge in [0.25, 0.3) is 5.69 Å². The Morgan fingerprint density at radius 2 is 1.74 bits per heavy atom. The lowest BCUT2D eigenvalue weighted by Gasteiger charge is -2.15. The van der Waals surface area contributed by atoms with Crippen LogP contribution in [0.1, 0.15) is 28.8 Å². The van der Waals surface area contributed by atoms with Crippen molar-refractivity contribution in [3.63, 3.8) is 0 Å². The molecule has 0 aliphatic carbocycles. The van der Waals surface area contributed by atoms with Gasteiger partial charge in [-0.05, 0) is 35.9 Å². The van der Waals surface area contributed by atoms with Crippen LogP contribution in [0.4, 0.5) is 11.4 Å². The second-order valence-corrected chi connectivity index (χ2v) is 6.19. The highest BCUT2D eigenvalue weighted by Crippen LogP contribution is 2.28. The summed E-state index contributed by atoms with van der Waals surface area (Å²) < 4.78 is 5.19. The zero-order chi connectivity index (χ0) is 19.6. The van der Waals surface area contributed by atoms with Crippen LogP contribution >= 0.6 is 11.6 Å². The van der Waals surface area contributed by atoms with Gasteiger partial charge in [0.05, 0.1) is 21.2 Å². The van der Waals surface area contributed by atoms with Crippen molar-refractivity contribution in [2.45, 2.75) is 19.4 Å². The van der Waals surface area contributed by atoms with E-state index >= 15 is 0 Å². The number of nitro groups is 1. The number of imide groups is 1. The third kappa shape index (κ3) is 3.95. The van der Waals surface area contributed by atoms with Crippen molar-refractivity contribution >= 4 is 40.8 Å². The van der Waals surface area contributed by atoms with Crippen molar-refractivity contribution in [3.8, 4) is 0 Å². The Hall–Kier alpha value is -3.26. The normalized spacial score (nSPS) is 13.7. The first-order valence-electron chi connectivity index (χ1n) is 7.92. The molecule has 1 aliphatic rings. The highest BCUT2D eigenvalue weighted by atomic mass is 35.5. The lowest BCUT2D eigenvalue weighted by atomic mass is 10.2. The van der Waals surface area contributed by atoms with Gasteiger partial charge in [0.2, 0.25) is 11.8 Å².